The van der Waals surface area contributed by atoms with Crippen LogP contribution in [0.1, 0.15) is 44.7 Å². The van der Waals surface area contributed by atoms with E-state index < -0.39 is 0 Å². The summed E-state index contributed by atoms with van der Waals surface area (Å²) in [5.74, 6) is 1.15. The predicted molar refractivity (Wildman–Crippen MR) is 87.2 cm³/mol. The lowest BCUT2D eigenvalue weighted by atomic mass is 10.1. The number of aryl methyl sites for hydroxylation is 1. The minimum absolute atomic E-state index is 0.879. The van der Waals surface area contributed by atoms with Crippen LogP contribution in [0.3, 0.4) is 0 Å². The van der Waals surface area contributed by atoms with Crippen LogP contribution in [-0.4, -0.2) is 22.0 Å². The van der Waals surface area contributed by atoms with Crippen molar-refractivity contribution in [3.05, 3.63) is 23.9 Å². The number of hydrogen-bond acceptors (Lipinski definition) is 4. The molecule has 0 radical (unpaired) electrons. The Hall–Kier alpha value is -0.480. The fourth-order valence-electron chi connectivity index (χ4n) is 1.74. The first-order chi connectivity index (χ1) is 9.11. The van der Waals surface area contributed by atoms with Gasteiger partial charge in [-0.3, -0.25) is 0 Å². The van der Waals surface area contributed by atoms with Crippen molar-refractivity contribution < 1.29 is 0 Å². The molecule has 1 aromatic rings. The standard InChI is InChI=1S/C15H24N2S2/c1-12(2)9-7-5-6-8-10-19-14-11-13(3)16-15(17-14)18-4/h11H,1,5-10H2,2-4H3. The monoisotopic (exact) mass is 296 g/mol. The molecule has 1 heterocycles. The number of allylic oxidation sites excluding steroid dienone is 1. The Kier molecular flexibility index (Phi) is 8.22. The van der Waals surface area contributed by atoms with Gasteiger partial charge in [0.15, 0.2) is 5.16 Å². The first kappa shape index (κ1) is 16.6. The molecule has 4 heteroatoms. The smallest absolute Gasteiger partial charge is 0.188 e. The highest BCUT2D eigenvalue weighted by molar-refractivity contribution is 7.99. The predicted octanol–water partition coefficient (Wildman–Crippen LogP) is 5.13. The van der Waals surface area contributed by atoms with Gasteiger partial charge in [0, 0.05) is 5.69 Å². The summed E-state index contributed by atoms with van der Waals surface area (Å²) >= 11 is 3.45. The summed E-state index contributed by atoms with van der Waals surface area (Å²) in [6.07, 6.45) is 8.36. The van der Waals surface area contributed by atoms with Crippen LogP contribution in [0.25, 0.3) is 0 Å². The third-order valence-electron chi connectivity index (χ3n) is 2.74. The molecule has 1 aromatic heterocycles. The van der Waals surface area contributed by atoms with E-state index in [1.165, 1.54) is 37.7 Å². The van der Waals surface area contributed by atoms with Gasteiger partial charge in [-0.2, -0.15) is 0 Å². The zero-order valence-electron chi connectivity index (χ0n) is 12.2. The molecule has 0 bridgehead atoms. The Morgan fingerprint density at radius 3 is 2.63 bits per heavy atom. The number of thioether (sulfide) groups is 2. The van der Waals surface area contributed by atoms with Gasteiger partial charge >= 0.3 is 0 Å². The van der Waals surface area contributed by atoms with Crippen molar-refractivity contribution in [1.82, 2.24) is 9.97 Å². The van der Waals surface area contributed by atoms with Crippen molar-refractivity contribution >= 4 is 23.5 Å². The van der Waals surface area contributed by atoms with Crippen LogP contribution in [-0.2, 0) is 0 Å². The van der Waals surface area contributed by atoms with E-state index >= 15 is 0 Å². The zero-order valence-corrected chi connectivity index (χ0v) is 13.9. The molecule has 0 unspecified atom stereocenters. The molecule has 0 aliphatic carbocycles. The normalized spacial score (nSPS) is 10.7. The van der Waals surface area contributed by atoms with E-state index in [1.807, 2.05) is 24.9 Å². The maximum atomic E-state index is 4.51. The van der Waals surface area contributed by atoms with Gasteiger partial charge in [-0.15, -0.1) is 18.3 Å². The summed E-state index contributed by atoms with van der Waals surface area (Å²) in [6.45, 7) is 8.07. The molecule has 106 valence electrons. The van der Waals surface area contributed by atoms with Gasteiger partial charge in [-0.05, 0) is 51.2 Å². The first-order valence-electron chi connectivity index (χ1n) is 6.78. The lowest BCUT2D eigenvalue weighted by Gasteiger charge is -2.04. The number of nitrogens with zero attached hydrogens (tertiary/aromatic N) is 2. The summed E-state index contributed by atoms with van der Waals surface area (Å²) < 4.78 is 0. The third-order valence-corrected chi connectivity index (χ3v) is 4.29. The summed E-state index contributed by atoms with van der Waals surface area (Å²) in [4.78, 5) is 8.88. The molecule has 0 saturated carbocycles. The van der Waals surface area contributed by atoms with Gasteiger partial charge in [0.1, 0.15) is 5.03 Å². The molecule has 0 amide bonds. The molecule has 0 aromatic carbocycles. The van der Waals surface area contributed by atoms with Crippen LogP contribution in [0, 0.1) is 6.92 Å². The second-order valence-corrected chi connectivity index (χ2v) is 6.69. The molecule has 0 spiro atoms. The topological polar surface area (TPSA) is 25.8 Å². The van der Waals surface area contributed by atoms with E-state index in [9.17, 15) is 0 Å². The van der Waals surface area contributed by atoms with Crippen LogP contribution in [0.15, 0.2) is 28.4 Å². The number of rotatable bonds is 9. The van der Waals surface area contributed by atoms with Crippen molar-refractivity contribution in [3.8, 4) is 0 Å². The molecule has 0 fully saturated rings. The van der Waals surface area contributed by atoms with E-state index in [2.05, 4.69) is 29.5 Å². The van der Waals surface area contributed by atoms with Crippen molar-refractivity contribution in [2.45, 2.75) is 56.1 Å². The highest BCUT2D eigenvalue weighted by Crippen LogP contribution is 2.21. The summed E-state index contributed by atoms with van der Waals surface area (Å²) in [5.41, 5.74) is 2.36. The fraction of sp³-hybridized carbons (Fsp3) is 0.600. The zero-order chi connectivity index (χ0) is 14.1. The second kappa shape index (κ2) is 9.43. The molecular weight excluding hydrogens is 272 g/mol. The molecule has 0 N–H and O–H groups in total. The van der Waals surface area contributed by atoms with E-state index in [1.54, 1.807) is 11.8 Å². The summed E-state index contributed by atoms with van der Waals surface area (Å²) in [6, 6.07) is 2.07. The average molecular weight is 297 g/mol. The van der Waals surface area contributed by atoms with Gasteiger partial charge in [0.05, 0.1) is 0 Å². The largest absolute Gasteiger partial charge is 0.228 e. The van der Waals surface area contributed by atoms with E-state index in [4.69, 9.17) is 0 Å². The number of hydrogen-bond donors (Lipinski definition) is 0. The Bertz CT molecular complexity index is 405. The molecular formula is C15H24N2S2. The highest BCUT2D eigenvalue weighted by Gasteiger charge is 2.02. The Morgan fingerprint density at radius 1 is 1.21 bits per heavy atom. The SMILES string of the molecule is C=C(C)CCCCCCSc1cc(C)nc(SC)n1. The maximum absolute atomic E-state index is 4.51. The number of aromatic nitrogens is 2. The number of unbranched alkanes of at least 4 members (excludes halogenated alkanes) is 3. The van der Waals surface area contributed by atoms with Crippen LogP contribution in [0.4, 0.5) is 0 Å². The summed E-state index contributed by atoms with van der Waals surface area (Å²) in [7, 11) is 0. The van der Waals surface area contributed by atoms with Gasteiger partial charge in [-0.1, -0.05) is 30.2 Å². The lowest BCUT2D eigenvalue weighted by molar-refractivity contribution is 0.668. The van der Waals surface area contributed by atoms with E-state index in [-0.39, 0.29) is 0 Å². The molecule has 2 nitrogen and oxygen atoms in total. The van der Waals surface area contributed by atoms with Gasteiger partial charge in [0.2, 0.25) is 0 Å². The fourth-order valence-corrected chi connectivity index (χ4v) is 3.18. The van der Waals surface area contributed by atoms with Gasteiger partial charge in [-0.25, -0.2) is 9.97 Å². The van der Waals surface area contributed by atoms with Gasteiger partial charge in [0.25, 0.3) is 0 Å². The van der Waals surface area contributed by atoms with Crippen molar-refractivity contribution in [2.75, 3.05) is 12.0 Å². The molecule has 0 aliphatic rings. The quantitative estimate of drug-likeness (QED) is 0.207. The molecule has 1 rings (SSSR count). The van der Waals surface area contributed by atoms with Crippen LogP contribution in [0.5, 0.6) is 0 Å². The maximum Gasteiger partial charge on any atom is 0.188 e. The average Bonchev–Trinajstić information content (AvgIpc) is 2.36. The van der Waals surface area contributed by atoms with E-state index in [0.717, 1.165) is 21.6 Å². The van der Waals surface area contributed by atoms with Crippen LogP contribution in [0.2, 0.25) is 0 Å². The van der Waals surface area contributed by atoms with Gasteiger partial charge < -0.3 is 0 Å². The van der Waals surface area contributed by atoms with Crippen LogP contribution >= 0.6 is 23.5 Å². The van der Waals surface area contributed by atoms with Crippen LogP contribution < -0.4 is 0 Å². The second-order valence-electron chi connectivity index (χ2n) is 4.80. The Morgan fingerprint density at radius 2 is 1.95 bits per heavy atom. The van der Waals surface area contributed by atoms with E-state index in [0.29, 0.717) is 0 Å². The van der Waals surface area contributed by atoms with Crippen molar-refractivity contribution in [3.63, 3.8) is 0 Å². The highest BCUT2D eigenvalue weighted by atomic mass is 32.2. The third kappa shape index (κ3) is 7.63. The first-order valence-corrected chi connectivity index (χ1v) is 8.99. The minimum atomic E-state index is 0.879. The van der Waals surface area contributed by atoms with Crippen molar-refractivity contribution in [2.24, 2.45) is 0 Å². The van der Waals surface area contributed by atoms with Crippen molar-refractivity contribution in [1.29, 1.82) is 0 Å². The Labute approximate surface area is 125 Å². The minimum Gasteiger partial charge on any atom is -0.228 e. The molecule has 19 heavy (non-hydrogen) atoms. The Balaban J connectivity index is 2.18. The lowest BCUT2D eigenvalue weighted by Crippen LogP contribution is -1.92. The molecule has 0 saturated heterocycles. The molecule has 0 atom stereocenters. The molecule has 0 aliphatic heterocycles. The summed E-state index contributed by atoms with van der Waals surface area (Å²) in [5, 5.41) is 1.99.